The van der Waals surface area contributed by atoms with Gasteiger partial charge in [-0.2, -0.15) is 0 Å². The van der Waals surface area contributed by atoms with Gasteiger partial charge < -0.3 is 4.74 Å². The van der Waals surface area contributed by atoms with Crippen molar-refractivity contribution in [2.45, 2.75) is 18.7 Å². The quantitative estimate of drug-likeness (QED) is 0.336. The second-order valence-electron chi connectivity index (χ2n) is 7.64. The number of hydrogen-bond donors (Lipinski definition) is 1. The molecule has 0 radical (unpaired) electrons. The van der Waals surface area contributed by atoms with E-state index < -0.39 is 10.0 Å². The molecule has 0 fully saturated rings. The van der Waals surface area contributed by atoms with Gasteiger partial charge in [-0.15, -0.1) is 11.3 Å². The van der Waals surface area contributed by atoms with Crippen LogP contribution in [0.25, 0.3) is 11.3 Å². The zero-order valence-corrected chi connectivity index (χ0v) is 21.2. The minimum Gasteiger partial charge on any atom is -0.497 e. The summed E-state index contributed by atoms with van der Waals surface area (Å²) in [6, 6.07) is 22.4. The van der Waals surface area contributed by atoms with Gasteiger partial charge in [0.25, 0.3) is 15.9 Å². The number of methoxy groups -OCH3 is 1. The third-order valence-electron chi connectivity index (χ3n) is 5.42. The van der Waals surface area contributed by atoms with Crippen LogP contribution in [-0.2, 0) is 10.0 Å². The SMILES string of the molecule is CCN(c1ccccc1)S(=O)(=O)c1ccc(C(=O)Nc2nc(-c3ccc(OC)cc3)c(C)s2)cc1. The average Bonchev–Trinajstić information content (AvgIpc) is 3.24. The van der Waals surface area contributed by atoms with Gasteiger partial charge in [-0.05, 0) is 74.5 Å². The van der Waals surface area contributed by atoms with E-state index in [0.29, 0.717) is 16.4 Å². The van der Waals surface area contributed by atoms with Crippen LogP contribution in [0.2, 0.25) is 0 Å². The highest BCUT2D eigenvalue weighted by Gasteiger charge is 2.24. The van der Waals surface area contributed by atoms with Crippen LogP contribution in [0.4, 0.5) is 10.8 Å². The number of amides is 1. The molecule has 4 rings (SSSR count). The maximum absolute atomic E-state index is 13.2. The third-order valence-corrected chi connectivity index (χ3v) is 8.22. The lowest BCUT2D eigenvalue weighted by molar-refractivity contribution is 0.102. The molecule has 180 valence electrons. The highest BCUT2D eigenvalue weighted by Crippen LogP contribution is 2.31. The summed E-state index contributed by atoms with van der Waals surface area (Å²) in [5.74, 6) is 0.394. The van der Waals surface area contributed by atoms with Crippen LogP contribution in [-0.4, -0.2) is 33.0 Å². The largest absolute Gasteiger partial charge is 0.497 e. The number of aryl methyl sites for hydroxylation is 1. The van der Waals surface area contributed by atoms with E-state index in [1.165, 1.54) is 39.9 Å². The fourth-order valence-electron chi connectivity index (χ4n) is 3.63. The molecule has 0 spiro atoms. The molecule has 7 nitrogen and oxygen atoms in total. The van der Waals surface area contributed by atoms with E-state index in [0.717, 1.165) is 21.9 Å². The van der Waals surface area contributed by atoms with Gasteiger partial charge in [-0.3, -0.25) is 14.4 Å². The van der Waals surface area contributed by atoms with Crippen LogP contribution >= 0.6 is 11.3 Å². The van der Waals surface area contributed by atoms with E-state index in [4.69, 9.17) is 4.74 Å². The highest BCUT2D eigenvalue weighted by atomic mass is 32.2. The van der Waals surface area contributed by atoms with Crippen LogP contribution < -0.4 is 14.4 Å². The summed E-state index contributed by atoms with van der Waals surface area (Å²) >= 11 is 1.38. The summed E-state index contributed by atoms with van der Waals surface area (Å²) in [4.78, 5) is 18.5. The number of anilines is 2. The Morgan fingerprint density at radius 1 is 1.00 bits per heavy atom. The predicted octanol–water partition coefficient (Wildman–Crippen LogP) is 5.59. The topological polar surface area (TPSA) is 88.6 Å². The van der Waals surface area contributed by atoms with Crippen molar-refractivity contribution >= 4 is 38.1 Å². The molecule has 0 aliphatic heterocycles. The molecule has 35 heavy (non-hydrogen) atoms. The average molecular weight is 508 g/mol. The van der Waals surface area contributed by atoms with Gasteiger partial charge in [0.2, 0.25) is 0 Å². The third kappa shape index (κ3) is 5.21. The number of nitrogens with zero attached hydrogens (tertiary/aromatic N) is 2. The number of hydrogen-bond acceptors (Lipinski definition) is 6. The Morgan fingerprint density at radius 3 is 2.26 bits per heavy atom. The van der Waals surface area contributed by atoms with E-state index in [2.05, 4.69) is 10.3 Å². The molecule has 0 bridgehead atoms. The van der Waals surface area contributed by atoms with Gasteiger partial charge in [0.15, 0.2) is 5.13 Å². The molecule has 0 aliphatic rings. The van der Waals surface area contributed by atoms with Gasteiger partial charge in [0, 0.05) is 22.5 Å². The normalized spacial score (nSPS) is 11.2. The number of rotatable bonds is 8. The number of ether oxygens (including phenoxy) is 1. The van der Waals surface area contributed by atoms with Crippen LogP contribution in [0, 0.1) is 6.92 Å². The second kappa shape index (κ2) is 10.3. The summed E-state index contributed by atoms with van der Waals surface area (Å²) in [6.07, 6.45) is 0. The van der Waals surface area contributed by atoms with Gasteiger partial charge in [-0.1, -0.05) is 18.2 Å². The van der Waals surface area contributed by atoms with E-state index in [9.17, 15) is 13.2 Å². The number of thiazole rings is 1. The fraction of sp³-hybridized carbons (Fsp3) is 0.154. The molecule has 1 amide bonds. The molecule has 0 aliphatic carbocycles. The van der Waals surface area contributed by atoms with Crippen molar-refractivity contribution < 1.29 is 17.9 Å². The van der Waals surface area contributed by atoms with Crippen molar-refractivity contribution in [2.24, 2.45) is 0 Å². The first-order valence-corrected chi connectivity index (χ1v) is 13.2. The van der Waals surface area contributed by atoms with Crippen molar-refractivity contribution in [3.05, 3.63) is 89.3 Å². The zero-order chi connectivity index (χ0) is 25.0. The van der Waals surface area contributed by atoms with Crippen molar-refractivity contribution in [3.8, 4) is 17.0 Å². The van der Waals surface area contributed by atoms with Crippen LogP contribution in [0.5, 0.6) is 5.75 Å². The lowest BCUT2D eigenvalue weighted by Crippen LogP contribution is -2.30. The maximum Gasteiger partial charge on any atom is 0.264 e. The molecule has 4 aromatic rings. The van der Waals surface area contributed by atoms with Crippen LogP contribution in [0.1, 0.15) is 22.2 Å². The summed E-state index contributed by atoms with van der Waals surface area (Å²) in [5, 5.41) is 3.28. The zero-order valence-electron chi connectivity index (χ0n) is 19.6. The number of carbonyl (C=O) groups is 1. The molecule has 1 aromatic heterocycles. The molecular weight excluding hydrogens is 482 g/mol. The van der Waals surface area contributed by atoms with E-state index in [1.807, 2.05) is 37.3 Å². The first-order valence-electron chi connectivity index (χ1n) is 10.9. The summed E-state index contributed by atoms with van der Waals surface area (Å²) in [7, 11) is -2.15. The van der Waals surface area contributed by atoms with Crippen molar-refractivity contribution in [2.75, 3.05) is 23.3 Å². The maximum atomic E-state index is 13.2. The highest BCUT2D eigenvalue weighted by molar-refractivity contribution is 7.92. The van der Waals surface area contributed by atoms with Gasteiger partial charge in [0.1, 0.15) is 5.75 Å². The first kappa shape index (κ1) is 24.4. The minimum atomic E-state index is -3.76. The van der Waals surface area contributed by atoms with E-state index in [-0.39, 0.29) is 17.3 Å². The van der Waals surface area contributed by atoms with Crippen molar-refractivity contribution in [3.63, 3.8) is 0 Å². The molecule has 0 saturated heterocycles. The van der Waals surface area contributed by atoms with E-state index in [1.54, 1.807) is 38.3 Å². The number of aromatic nitrogens is 1. The number of sulfonamides is 1. The Labute approximate surface area is 209 Å². The Bertz CT molecular complexity index is 1420. The van der Waals surface area contributed by atoms with Gasteiger partial charge in [-0.25, -0.2) is 13.4 Å². The molecular formula is C26H25N3O4S2. The first-order chi connectivity index (χ1) is 16.8. The molecule has 0 saturated carbocycles. The molecule has 0 unspecified atom stereocenters. The Morgan fingerprint density at radius 2 is 1.66 bits per heavy atom. The number of nitrogens with one attached hydrogen (secondary N) is 1. The van der Waals surface area contributed by atoms with E-state index >= 15 is 0 Å². The smallest absolute Gasteiger partial charge is 0.264 e. The number of para-hydroxylation sites is 1. The number of benzene rings is 3. The molecule has 9 heteroatoms. The van der Waals surface area contributed by atoms with Crippen LogP contribution in [0.3, 0.4) is 0 Å². The van der Waals surface area contributed by atoms with Gasteiger partial charge >= 0.3 is 0 Å². The monoisotopic (exact) mass is 507 g/mol. The summed E-state index contributed by atoms with van der Waals surface area (Å²) < 4.78 is 32.9. The lowest BCUT2D eigenvalue weighted by Gasteiger charge is -2.22. The molecule has 1 heterocycles. The molecule has 3 aromatic carbocycles. The molecule has 0 atom stereocenters. The van der Waals surface area contributed by atoms with Crippen LogP contribution in [0.15, 0.2) is 83.8 Å². The summed E-state index contributed by atoms with van der Waals surface area (Å²) in [6.45, 7) is 4.01. The Kier molecular flexibility index (Phi) is 7.18. The summed E-state index contributed by atoms with van der Waals surface area (Å²) in [5.41, 5.74) is 2.64. The minimum absolute atomic E-state index is 0.117. The number of carbonyl (C=O) groups excluding carboxylic acids is 1. The van der Waals surface area contributed by atoms with Gasteiger partial charge in [0.05, 0.1) is 23.4 Å². The Hall–Kier alpha value is -3.69. The molecule has 1 N–H and O–H groups in total. The standard InChI is InChI=1S/C26H25N3O4S2/c1-4-29(21-8-6-5-7-9-21)35(31,32)23-16-12-20(13-17-23)25(30)28-26-27-24(18(2)34-26)19-10-14-22(33-3)15-11-19/h5-17H,4H2,1-3H3,(H,27,28,30). The lowest BCUT2D eigenvalue weighted by atomic mass is 10.1. The fourth-order valence-corrected chi connectivity index (χ4v) is 5.93. The van der Waals surface area contributed by atoms with Crippen molar-refractivity contribution in [1.29, 1.82) is 0 Å². The second-order valence-corrected chi connectivity index (χ2v) is 10.7. The predicted molar refractivity (Wildman–Crippen MR) is 140 cm³/mol. The Balaban J connectivity index is 1.50. The van der Waals surface area contributed by atoms with Crippen molar-refractivity contribution in [1.82, 2.24) is 4.98 Å².